The van der Waals surface area contributed by atoms with Crippen LogP contribution in [0.1, 0.15) is 26.3 Å². The molecule has 0 aliphatic carbocycles. The van der Waals surface area contributed by atoms with Gasteiger partial charge in [0.2, 0.25) is 5.91 Å². The molecule has 0 radical (unpaired) electrons. The number of carbonyl (C=O) groups is 2. The summed E-state index contributed by atoms with van der Waals surface area (Å²) < 4.78 is 10.4. The molecule has 0 saturated carbocycles. The number of methoxy groups -OCH3 is 1. The van der Waals surface area contributed by atoms with E-state index >= 15 is 0 Å². The van der Waals surface area contributed by atoms with Crippen LogP contribution in [0, 0.1) is 0 Å². The molecule has 0 heterocycles. The van der Waals surface area contributed by atoms with Crippen molar-refractivity contribution in [1.82, 2.24) is 10.6 Å². The molecule has 0 bridgehead atoms. The van der Waals surface area contributed by atoms with Gasteiger partial charge >= 0.3 is 0 Å². The minimum atomic E-state index is -0.337. The predicted octanol–water partition coefficient (Wildman–Crippen LogP) is 1.24. The van der Waals surface area contributed by atoms with Crippen molar-refractivity contribution >= 4 is 11.8 Å². The Labute approximate surface area is 137 Å². The largest absolute Gasteiger partial charge is 0.483 e. The lowest BCUT2D eigenvalue weighted by molar-refractivity contribution is -0.127. The van der Waals surface area contributed by atoms with Crippen LogP contribution in [0.25, 0.3) is 0 Å². The normalized spacial score (nSPS) is 11.0. The molecular formula is C17H26N2O4. The van der Waals surface area contributed by atoms with Crippen LogP contribution in [0.3, 0.4) is 0 Å². The maximum Gasteiger partial charge on any atom is 0.258 e. The molecule has 2 N–H and O–H groups in total. The zero-order valence-corrected chi connectivity index (χ0v) is 14.3. The van der Waals surface area contributed by atoms with E-state index in [9.17, 15) is 9.59 Å². The highest BCUT2D eigenvalue weighted by molar-refractivity contribution is 5.85. The fraction of sp³-hybridized carbons (Fsp3) is 0.529. The van der Waals surface area contributed by atoms with Gasteiger partial charge in [-0.05, 0) is 17.0 Å². The van der Waals surface area contributed by atoms with Crippen molar-refractivity contribution < 1.29 is 19.1 Å². The number of benzene rings is 1. The van der Waals surface area contributed by atoms with Gasteiger partial charge in [0, 0.05) is 13.7 Å². The molecule has 23 heavy (non-hydrogen) atoms. The summed E-state index contributed by atoms with van der Waals surface area (Å²) in [6.07, 6.45) is 0. The first-order valence-corrected chi connectivity index (χ1v) is 7.59. The number of para-hydroxylation sites is 1. The van der Waals surface area contributed by atoms with Crippen LogP contribution in [0.5, 0.6) is 5.75 Å². The molecule has 0 aliphatic heterocycles. The maximum absolute atomic E-state index is 11.8. The lowest BCUT2D eigenvalue weighted by Gasteiger charge is -2.22. The fourth-order valence-electron chi connectivity index (χ4n) is 1.94. The summed E-state index contributed by atoms with van der Waals surface area (Å²) in [5, 5.41) is 5.14. The van der Waals surface area contributed by atoms with Gasteiger partial charge in [0.05, 0.1) is 13.2 Å². The highest BCUT2D eigenvalue weighted by Crippen LogP contribution is 2.30. The topological polar surface area (TPSA) is 76.7 Å². The Bertz CT molecular complexity index is 524. The number of rotatable bonds is 8. The second kappa shape index (κ2) is 9.15. The molecule has 0 spiro atoms. The third kappa shape index (κ3) is 7.15. The molecule has 6 nitrogen and oxygen atoms in total. The Morgan fingerprint density at radius 2 is 1.78 bits per heavy atom. The van der Waals surface area contributed by atoms with Crippen LogP contribution < -0.4 is 15.4 Å². The molecule has 128 valence electrons. The summed E-state index contributed by atoms with van der Waals surface area (Å²) in [5.74, 6) is 0.0841. The second-order valence-electron chi connectivity index (χ2n) is 6.15. The quantitative estimate of drug-likeness (QED) is 0.706. The first-order chi connectivity index (χ1) is 10.8. The zero-order valence-electron chi connectivity index (χ0n) is 14.3. The SMILES string of the molecule is COCCNC(=O)CNC(=O)COc1ccccc1C(C)(C)C. The number of carbonyl (C=O) groups excluding carboxylic acids is 2. The Morgan fingerprint density at radius 1 is 1.09 bits per heavy atom. The van der Waals surface area contributed by atoms with E-state index in [0.29, 0.717) is 18.9 Å². The molecule has 6 heteroatoms. The van der Waals surface area contributed by atoms with Crippen molar-refractivity contribution in [2.24, 2.45) is 0 Å². The summed E-state index contributed by atoms with van der Waals surface area (Å²) in [5.41, 5.74) is 0.957. The number of ether oxygens (including phenoxy) is 2. The Morgan fingerprint density at radius 3 is 2.43 bits per heavy atom. The van der Waals surface area contributed by atoms with Crippen LogP contribution in [-0.4, -0.2) is 45.2 Å². The van der Waals surface area contributed by atoms with Gasteiger partial charge in [0.25, 0.3) is 5.91 Å². The van der Waals surface area contributed by atoms with Crippen molar-refractivity contribution in [2.75, 3.05) is 33.4 Å². The van der Waals surface area contributed by atoms with E-state index in [-0.39, 0.29) is 30.4 Å². The molecule has 1 aromatic rings. The molecule has 2 amide bonds. The number of nitrogens with one attached hydrogen (secondary N) is 2. The first kappa shape index (κ1) is 19.0. The van der Waals surface area contributed by atoms with Gasteiger partial charge in [0.1, 0.15) is 5.75 Å². The smallest absolute Gasteiger partial charge is 0.258 e. The van der Waals surface area contributed by atoms with Crippen LogP contribution in [-0.2, 0) is 19.7 Å². The van der Waals surface area contributed by atoms with Gasteiger partial charge in [-0.1, -0.05) is 39.0 Å². The second-order valence-corrected chi connectivity index (χ2v) is 6.15. The Balaban J connectivity index is 2.41. The summed E-state index contributed by atoms with van der Waals surface area (Å²) in [6.45, 7) is 6.90. The predicted molar refractivity (Wildman–Crippen MR) is 88.5 cm³/mol. The average molecular weight is 322 g/mol. The zero-order chi connectivity index (χ0) is 17.3. The Hall–Kier alpha value is -2.08. The highest BCUT2D eigenvalue weighted by Gasteiger charge is 2.18. The molecule has 0 unspecified atom stereocenters. The summed E-state index contributed by atoms with van der Waals surface area (Å²) in [4.78, 5) is 23.2. The van der Waals surface area contributed by atoms with Crippen LogP contribution in [0.4, 0.5) is 0 Å². The lowest BCUT2D eigenvalue weighted by atomic mass is 9.86. The highest BCUT2D eigenvalue weighted by atomic mass is 16.5. The minimum Gasteiger partial charge on any atom is -0.483 e. The van der Waals surface area contributed by atoms with E-state index in [1.807, 2.05) is 24.3 Å². The van der Waals surface area contributed by atoms with E-state index in [4.69, 9.17) is 9.47 Å². The van der Waals surface area contributed by atoms with Gasteiger partial charge in [-0.25, -0.2) is 0 Å². The first-order valence-electron chi connectivity index (χ1n) is 7.59. The third-order valence-corrected chi connectivity index (χ3v) is 3.13. The minimum absolute atomic E-state index is 0.0751. The van der Waals surface area contributed by atoms with E-state index in [2.05, 4.69) is 31.4 Å². The molecule has 0 atom stereocenters. The van der Waals surface area contributed by atoms with E-state index < -0.39 is 0 Å². The molecule has 0 aliphatic rings. The molecule has 0 aromatic heterocycles. The summed E-state index contributed by atoms with van der Waals surface area (Å²) in [7, 11) is 1.56. The number of hydrogen-bond acceptors (Lipinski definition) is 4. The Kier molecular flexibility index (Phi) is 7.54. The average Bonchev–Trinajstić information content (AvgIpc) is 2.50. The van der Waals surface area contributed by atoms with Crippen molar-refractivity contribution in [3.05, 3.63) is 29.8 Å². The molecule has 0 fully saturated rings. The van der Waals surface area contributed by atoms with Crippen molar-refractivity contribution in [3.8, 4) is 5.75 Å². The monoisotopic (exact) mass is 322 g/mol. The van der Waals surface area contributed by atoms with E-state index in [1.165, 1.54) is 0 Å². The van der Waals surface area contributed by atoms with Crippen LogP contribution in [0.2, 0.25) is 0 Å². The van der Waals surface area contributed by atoms with Gasteiger partial charge < -0.3 is 20.1 Å². The summed E-state index contributed by atoms with van der Waals surface area (Å²) >= 11 is 0. The van der Waals surface area contributed by atoms with Gasteiger partial charge in [-0.2, -0.15) is 0 Å². The molecule has 1 rings (SSSR count). The van der Waals surface area contributed by atoms with Crippen LogP contribution in [0.15, 0.2) is 24.3 Å². The van der Waals surface area contributed by atoms with Crippen LogP contribution >= 0.6 is 0 Å². The molecular weight excluding hydrogens is 296 g/mol. The molecule has 0 saturated heterocycles. The fourth-order valence-corrected chi connectivity index (χ4v) is 1.94. The summed E-state index contributed by atoms with van der Waals surface area (Å²) in [6, 6.07) is 7.63. The third-order valence-electron chi connectivity index (χ3n) is 3.13. The van der Waals surface area contributed by atoms with E-state index in [1.54, 1.807) is 7.11 Å². The van der Waals surface area contributed by atoms with Gasteiger partial charge in [-0.3, -0.25) is 9.59 Å². The van der Waals surface area contributed by atoms with E-state index in [0.717, 1.165) is 5.56 Å². The van der Waals surface area contributed by atoms with Crippen molar-refractivity contribution in [3.63, 3.8) is 0 Å². The van der Waals surface area contributed by atoms with Gasteiger partial charge in [-0.15, -0.1) is 0 Å². The lowest BCUT2D eigenvalue weighted by Crippen LogP contribution is -2.39. The standard InChI is InChI=1S/C17H26N2O4/c1-17(2,3)13-7-5-6-8-14(13)23-12-16(21)19-11-15(20)18-9-10-22-4/h5-8H,9-12H2,1-4H3,(H,18,20)(H,19,21). The van der Waals surface area contributed by atoms with Crippen molar-refractivity contribution in [1.29, 1.82) is 0 Å². The van der Waals surface area contributed by atoms with Crippen molar-refractivity contribution in [2.45, 2.75) is 26.2 Å². The van der Waals surface area contributed by atoms with Gasteiger partial charge in [0.15, 0.2) is 6.61 Å². The molecule has 1 aromatic carbocycles. The number of amides is 2. The number of hydrogen-bond donors (Lipinski definition) is 2. The maximum atomic E-state index is 11.8.